The first-order valence-electron chi connectivity index (χ1n) is 9.88. The molecule has 4 aromatic rings. The molecule has 166 valence electrons. The molecule has 0 radical (unpaired) electrons. The van der Waals surface area contributed by atoms with Gasteiger partial charge in [-0.2, -0.15) is 0 Å². The van der Waals surface area contributed by atoms with Crippen LogP contribution in [0.2, 0.25) is 0 Å². The van der Waals surface area contributed by atoms with Crippen molar-refractivity contribution in [3.63, 3.8) is 0 Å². The standard InChI is InChI=1S/C20H17F2N5O4S/c21-13-4-3-11(8-14(13)22)23-16(28)10-26-20(30)27-15-5-7-32-17(15)18(29)25(19(27)24-26)9-12-2-1-6-31-12/h3-5,7-8,12H,1-2,6,9-10H2,(H,23,28)/t12-/m1/s1. The van der Waals surface area contributed by atoms with Gasteiger partial charge in [0.05, 0.1) is 18.2 Å². The van der Waals surface area contributed by atoms with Gasteiger partial charge in [-0.15, -0.1) is 16.4 Å². The number of hydrogen-bond donors (Lipinski definition) is 1. The first-order chi connectivity index (χ1) is 15.4. The van der Waals surface area contributed by atoms with E-state index in [1.807, 2.05) is 0 Å². The van der Waals surface area contributed by atoms with Crippen LogP contribution in [0.25, 0.3) is 16.0 Å². The summed E-state index contributed by atoms with van der Waals surface area (Å²) in [6, 6.07) is 4.59. The zero-order valence-corrected chi connectivity index (χ0v) is 17.4. The maximum Gasteiger partial charge on any atom is 0.352 e. The van der Waals surface area contributed by atoms with Gasteiger partial charge in [0.1, 0.15) is 11.2 Å². The summed E-state index contributed by atoms with van der Waals surface area (Å²) in [5, 5.41) is 8.36. The van der Waals surface area contributed by atoms with Crippen LogP contribution in [0.15, 0.2) is 39.2 Å². The Kier molecular flexibility index (Phi) is 5.10. The quantitative estimate of drug-likeness (QED) is 0.490. The van der Waals surface area contributed by atoms with Gasteiger partial charge >= 0.3 is 5.69 Å². The number of rotatable bonds is 5. The highest BCUT2D eigenvalue weighted by Crippen LogP contribution is 2.19. The van der Waals surface area contributed by atoms with Gasteiger partial charge in [0.15, 0.2) is 11.6 Å². The molecule has 1 fully saturated rings. The van der Waals surface area contributed by atoms with Crippen molar-refractivity contribution >= 4 is 38.9 Å². The zero-order valence-electron chi connectivity index (χ0n) is 16.6. The van der Waals surface area contributed by atoms with E-state index in [9.17, 15) is 23.2 Å². The zero-order chi connectivity index (χ0) is 22.4. The third-order valence-electron chi connectivity index (χ3n) is 5.30. The third kappa shape index (κ3) is 3.50. The molecule has 1 amide bonds. The number of thiophene rings is 1. The molecular weight excluding hydrogens is 444 g/mol. The van der Waals surface area contributed by atoms with Gasteiger partial charge in [-0.25, -0.2) is 22.7 Å². The van der Waals surface area contributed by atoms with Crippen LogP contribution in [-0.2, 0) is 22.6 Å². The fraction of sp³-hybridized carbons (Fsp3) is 0.300. The van der Waals surface area contributed by atoms with Crippen molar-refractivity contribution in [2.45, 2.75) is 32.0 Å². The Labute approximate surface area is 182 Å². The topological polar surface area (TPSA) is 99.6 Å². The molecule has 9 nitrogen and oxygen atoms in total. The fourth-order valence-electron chi connectivity index (χ4n) is 3.80. The molecule has 1 saturated heterocycles. The Morgan fingerprint density at radius 3 is 2.84 bits per heavy atom. The number of amides is 1. The van der Waals surface area contributed by atoms with Crippen LogP contribution in [0, 0.1) is 11.6 Å². The van der Waals surface area contributed by atoms with Gasteiger partial charge < -0.3 is 10.1 Å². The lowest BCUT2D eigenvalue weighted by molar-refractivity contribution is -0.117. The molecule has 0 unspecified atom stereocenters. The second kappa shape index (κ2) is 7.95. The van der Waals surface area contributed by atoms with Gasteiger partial charge in [-0.1, -0.05) is 0 Å². The van der Waals surface area contributed by atoms with Crippen LogP contribution in [0.4, 0.5) is 14.5 Å². The molecule has 0 saturated carbocycles. The number of aromatic nitrogens is 4. The Morgan fingerprint density at radius 2 is 2.09 bits per heavy atom. The van der Waals surface area contributed by atoms with E-state index in [1.54, 1.807) is 11.4 Å². The van der Waals surface area contributed by atoms with Crippen LogP contribution in [0.3, 0.4) is 0 Å². The largest absolute Gasteiger partial charge is 0.376 e. The molecule has 1 N–H and O–H groups in total. The van der Waals surface area contributed by atoms with E-state index in [0.717, 1.165) is 29.7 Å². The number of benzene rings is 1. The smallest absolute Gasteiger partial charge is 0.352 e. The fourth-order valence-corrected chi connectivity index (χ4v) is 4.63. The molecule has 1 aromatic carbocycles. The molecule has 4 heterocycles. The van der Waals surface area contributed by atoms with E-state index in [0.29, 0.717) is 16.8 Å². The van der Waals surface area contributed by atoms with Crippen molar-refractivity contribution in [2.24, 2.45) is 0 Å². The second-order valence-electron chi connectivity index (χ2n) is 7.44. The lowest BCUT2D eigenvalue weighted by Gasteiger charge is -2.12. The number of anilines is 1. The van der Waals surface area contributed by atoms with Gasteiger partial charge in [0, 0.05) is 18.4 Å². The van der Waals surface area contributed by atoms with Gasteiger partial charge in [-0.3, -0.25) is 14.2 Å². The van der Waals surface area contributed by atoms with Crippen molar-refractivity contribution in [1.82, 2.24) is 18.7 Å². The average molecular weight is 461 g/mol. The molecule has 0 spiro atoms. The van der Waals surface area contributed by atoms with E-state index in [2.05, 4.69) is 10.4 Å². The van der Waals surface area contributed by atoms with E-state index < -0.39 is 29.8 Å². The van der Waals surface area contributed by atoms with Crippen LogP contribution in [-0.4, -0.2) is 37.4 Å². The van der Waals surface area contributed by atoms with E-state index in [-0.39, 0.29) is 29.7 Å². The predicted molar refractivity (Wildman–Crippen MR) is 113 cm³/mol. The van der Waals surface area contributed by atoms with Crippen molar-refractivity contribution in [3.8, 4) is 0 Å². The van der Waals surface area contributed by atoms with Gasteiger partial charge in [0.2, 0.25) is 11.7 Å². The number of nitrogens with one attached hydrogen (secondary N) is 1. The number of halogens is 2. The lowest BCUT2D eigenvalue weighted by atomic mass is 10.2. The highest BCUT2D eigenvalue weighted by Gasteiger charge is 2.23. The molecule has 1 aliphatic rings. The summed E-state index contributed by atoms with van der Waals surface area (Å²) in [6.45, 7) is 0.384. The van der Waals surface area contributed by atoms with Crippen LogP contribution >= 0.6 is 11.3 Å². The highest BCUT2D eigenvalue weighted by atomic mass is 32.1. The number of nitrogens with zero attached hydrogens (tertiary/aromatic N) is 4. The Bertz CT molecular complexity index is 1460. The van der Waals surface area contributed by atoms with Crippen molar-refractivity contribution in [3.05, 3.63) is 62.1 Å². The van der Waals surface area contributed by atoms with Crippen molar-refractivity contribution < 1.29 is 18.3 Å². The summed E-state index contributed by atoms with van der Waals surface area (Å²) in [6.07, 6.45) is 1.52. The van der Waals surface area contributed by atoms with Crippen LogP contribution in [0.1, 0.15) is 12.8 Å². The monoisotopic (exact) mass is 461 g/mol. The highest BCUT2D eigenvalue weighted by molar-refractivity contribution is 7.17. The molecule has 3 aromatic heterocycles. The summed E-state index contributed by atoms with van der Waals surface area (Å²) >= 11 is 1.22. The average Bonchev–Trinajstić information content (AvgIpc) is 3.49. The number of ether oxygens (including phenoxy) is 1. The van der Waals surface area contributed by atoms with Gasteiger partial charge in [-0.05, 0) is 36.4 Å². The summed E-state index contributed by atoms with van der Waals surface area (Å²) in [5.41, 5.74) is -0.414. The minimum Gasteiger partial charge on any atom is -0.376 e. The van der Waals surface area contributed by atoms with Gasteiger partial charge in [0.25, 0.3) is 5.56 Å². The molecule has 0 bridgehead atoms. The summed E-state index contributed by atoms with van der Waals surface area (Å²) in [7, 11) is 0. The molecule has 12 heteroatoms. The summed E-state index contributed by atoms with van der Waals surface area (Å²) in [4.78, 5) is 38.5. The summed E-state index contributed by atoms with van der Waals surface area (Å²) < 4.78 is 36.2. The minimum atomic E-state index is -1.11. The molecule has 1 aliphatic heterocycles. The molecule has 0 aliphatic carbocycles. The van der Waals surface area contributed by atoms with E-state index in [1.165, 1.54) is 26.4 Å². The van der Waals surface area contributed by atoms with E-state index >= 15 is 0 Å². The van der Waals surface area contributed by atoms with Crippen molar-refractivity contribution in [1.29, 1.82) is 0 Å². The maximum atomic E-state index is 13.4. The van der Waals surface area contributed by atoms with Crippen molar-refractivity contribution in [2.75, 3.05) is 11.9 Å². The minimum absolute atomic E-state index is 0.0428. The number of fused-ring (bicyclic) bond motifs is 3. The van der Waals surface area contributed by atoms with Crippen LogP contribution in [0.5, 0.6) is 0 Å². The Balaban J connectivity index is 1.53. The third-order valence-corrected chi connectivity index (χ3v) is 6.19. The summed E-state index contributed by atoms with van der Waals surface area (Å²) in [5.74, 6) is -2.69. The lowest BCUT2D eigenvalue weighted by Crippen LogP contribution is -2.30. The molecular formula is C20H17F2N5O4S. The Hall–Kier alpha value is -3.38. The second-order valence-corrected chi connectivity index (χ2v) is 8.35. The first-order valence-corrected chi connectivity index (χ1v) is 10.8. The Morgan fingerprint density at radius 1 is 1.25 bits per heavy atom. The molecule has 32 heavy (non-hydrogen) atoms. The maximum absolute atomic E-state index is 13.4. The number of carbonyl (C=O) groups is 1. The molecule has 5 rings (SSSR count). The SMILES string of the molecule is O=C(Cn1nc2n(C[C@H]3CCCO3)c(=O)c3sccc3n2c1=O)Nc1ccc(F)c(F)c1. The number of carbonyl (C=O) groups excluding carboxylic acids is 1. The predicted octanol–water partition coefficient (Wildman–Crippen LogP) is 1.97. The number of hydrogen-bond acceptors (Lipinski definition) is 6. The molecule has 1 atom stereocenters. The van der Waals surface area contributed by atoms with E-state index in [4.69, 9.17) is 4.74 Å². The normalized spacial score (nSPS) is 16.2. The first kappa shape index (κ1) is 20.5. The van der Waals surface area contributed by atoms with Crippen LogP contribution < -0.4 is 16.6 Å².